The van der Waals surface area contributed by atoms with Gasteiger partial charge in [-0.05, 0) is 42.4 Å². The first-order valence-electron chi connectivity index (χ1n) is 8.22. The Hall–Kier alpha value is -0.0222. The molecule has 1 aliphatic rings. The van der Waals surface area contributed by atoms with Crippen LogP contribution in [0.15, 0.2) is 36.4 Å². The Bertz CT molecular complexity index is 707. The Kier molecular flexibility index (Phi) is 10.2. The second-order valence-electron chi connectivity index (χ2n) is 6.48. The first-order chi connectivity index (χ1) is 11.5. The van der Waals surface area contributed by atoms with Gasteiger partial charge in [-0.1, -0.05) is 44.0 Å². The summed E-state index contributed by atoms with van der Waals surface area (Å²) in [5, 5.41) is 0. The maximum Gasteiger partial charge on any atom is 0.341 e. The minimum Gasteiger partial charge on any atom is -0.449 e. The molecule has 0 heterocycles. The Balaban J connectivity index is 0.00000169. The van der Waals surface area contributed by atoms with E-state index in [0.717, 1.165) is 18.1 Å². The SMILES string of the molecule is CC1CCC(c2ccc(C(=O)Oc3cc(F)[c-]c(F)c3)cc2)CC1.[Y].[Y]. The van der Waals surface area contributed by atoms with Crippen molar-refractivity contribution < 1.29 is 83.7 Å². The maximum atomic E-state index is 13.1. The molecule has 3 rings (SSSR count). The number of halogens is 2. The van der Waals surface area contributed by atoms with Gasteiger partial charge >= 0.3 is 5.97 Å². The van der Waals surface area contributed by atoms with E-state index in [1.54, 1.807) is 12.1 Å². The van der Waals surface area contributed by atoms with Crippen LogP contribution in [0.5, 0.6) is 5.75 Å². The fourth-order valence-corrected chi connectivity index (χ4v) is 3.19. The molecule has 0 bridgehead atoms. The third-order valence-corrected chi connectivity index (χ3v) is 4.62. The fraction of sp³-hybridized carbons (Fsp3) is 0.350. The number of carbonyl (C=O) groups excluding carboxylic acids is 1. The Labute approximate surface area is 203 Å². The molecule has 132 valence electrons. The normalized spacial score (nSPS) is 19.0. The molecule has 0 N–H and O–H groups in total. The smallest absolute Gasteiger partial charge is 0.341 e. The molecule has 6 heteroatoms. The predicted molar refractivity (Wildman–Crippen MR) is 87.0 cm³/mol. The molecule has 0 unspecified atom stereocenters. The summed E-state index contributed by atoms with van der Waals surface area (Å²) in [7, 11) is 0. The third-order valence-electron chi connectivity index (χ3n) is 4.62. The minimum atomic E-state index is -0.903. The second kappa shape index (κ2) is 11.1. The number of hydrogen-bond acceptors (Lipinski definition) is 2. The van der Waals surface area contributed by atoms with Crippen molar-refractivity contribution in [2.24, 2.45) is 5.92 Å². The van der Waals surface area contributed by atoms with E-state index in [-0.39, 0.29) is 71.2 Å². The summed E-state index contributed by atoms with van der Waals surface area (Å²) in [4.78, 5) is 12.1. The number of benzene rings is 2. The van der Waals surface area contributed by atoms with Crippen LogP contribution in [-0.2, 0) is 65.4 Å². The minimum absolute atomic E-state index is 0. The van der Waals surface area contributed by atoms with Crippen LogP contribution in [0.25, 0.3) is 0 Å². The van der Waals surface area contributed by atoms with Crippen molar-refractivity contribution in [3.63, 3.8) is 0 Å². The van der Waals surface area contributed by atoms with E-state index >= 15 is 0 Å². The van der Waals surface area contributed by atoms with Gasteiger partial charge in [0.2, 0.25) is 0 Å². The molecule has 0 amide bonds. The molecule has 0 aromatic heterocycles. The maximum absolute atomic E-state index is 13.1. The molecule has 2 aromatic rings. The van der Waals surface area contributed by atoms with Crippen molar-refractivity contribution in [3.8, 4) is 5.75 Å². The number of rotatable bonds is 3. The summed E-state index contributed by atoms with van der Waals surface area (Å²) >= 11 is 0. The summed E-state index contributed by atoms with van der Waals surface area (Å²) in [6, 6.07) is 11.0. The van der Waals surface area contributed by atoms with Gasteiger partial charge in [-0.2, -0.15) is 0 Å². The van der Waals surface area contributed by atoms with Gasteiger partial charge in [0.15, 0.2) is 0 Å². The average molecular weight is 507 g/mol. The first-order valence-corrected chi connectivity index (χ1v) is 8.22. The fourth-order valence-electron chi connectivity index (χ4n) is 3.19. The van der Waals surface area contributed by atoms with E-state index in [1.807, 2.05) is 18.2 Å². The summed E-state index contributed by atoms with van der Waals surface area (Å²) < 4.78 is 31.2. The van der Waals surface area contributed by atoms with Crippen LogP contribution in [0.4, 0.5) is 8.78 Å². The zero-order valence-corrected chi connectivity index (χ0v) is 20.4. The van der Waals surface area contributed by atoms with E-state index in [2.05, 4.69) is 6.92 Å². The number of carbonyl (C=O) groups is 1. The zero-order valence-electron chi connectivity index (χ0n) is 14.7. The summed E-state index contributed by atoms with van der Waals surface area (Å²) in [6.45, 7) is 2.28. The van der Waals surface area contributed by atoms with Crippen molar-refractivity contribution >= 4 is 5.97 Å². The van der Waals surface area contributed by atoms with Crippen molar-refractivity contribution in [1.82, 2.24) is 0 Å². The van der Waals surface area contributed by atoms with E-state index < -0.39 is 17.6 Å². The van der Waals surface area contributed by atoms with Crippen molar-refractivity contribution in [2.45, 2.75) is 38.5 Å². The summed E-state index contributed by atoms with van der Waals surface area (Å²) in [6.07, 6.45) is 4.81. The van der Waals surface area contributed by atoms with E-state index in [9.17, 15) is 13.6 Å². The predicted octanol–water partition coefficient (Wildman–Crippen LogP) is 5.27. The average Bonchev–Trinajstić information content (AvgIpc) is 2.55. The molecule has 1 aliphatic carbocycles. The molecule has 26 heavy (non-hydrogen) atoms. The van der Waals surface area contributed by atoms with Crippen LogP contribution in [0.3, 0.4) is 0 Å². The van der Waals surface area contributed by atoms with Gasteiger partial charge in [0.1, 0.15) is 0 Å². The van der Waals surface area contributed by atoms with Gasteiger partial charge in [-0.15, -0.1) is 6.07 Å². The first kappa shape index (κ1) is 24.0. The largest absolute Gasteiger partial charge is 0.449 e. The van der Waals surface area contributed by atoms with Gasteiger partial charge in [-0.3, -0.25) is 0 Å². The van der Waals surface area contributed by atoms with Crippen LogP contribution in [0.2, 0.25) is 0 Å². The molecule has 2 aromatic carbocycles. The molecular formula is C20H19F2O2Y2-. The Morgan fingerprint density at radius 3 is 2.08 bits per heavy atom. The monoisotopic (exact) mass is 507 g/mol. The van der Waals surface area contributed by atoms with E-state index in [0.29, 0.717) is 11.5 Å². The Morgan fingerprint density at radius 2 is 1.54 bits per heavy atom. The van der Waals surface area contributed by atoms with Crippen molar-refractivity contribution in [1.29, 1.82) is 0 Å². The molecular weight excluding hydrogens is 488 g/mol. The van der Waals surface area contributed by atoms with E-state index in [4.69, 9.17) is 4.74 Å². The van der Waals surface area contributed by atoms with Crippen LogP contribution >= 0.6 is 0 Å². The van der Waals surface area contributed by atoms with Crippen LogP contribution in [0.1, 0.15) is 54.4 Å². The molecule has 0 aliphatic heterocycles. The molecule has 0 saturated heterocycles. The molecule has 1 saturated carbocycles. The summed E-state index contributed by atoms with van der Waals surface area (Å²) in [5.74, 6) is -1.28. The van der Waals surface area contributed by atoms with Crippen LogP contribution < -0.4 is 4.74 Å². The molecule has 0 spiro atoms. The Morgan fingerprint density at radius 1 is 1.00 bits per heavy atom. The van der Waals surface area contributed by atoms with Gasteiger partial charge < -0.3 is 4.74 Å². The van der Waals surface area contributed by atoms with Gasteiger partial charge in [0.25, 0.3) is 0 Å². The van der Waals surface area contributed by atoms with Crippen LogP contribution in [-0.4, -0.2) is 5.97 Å². The third kappa shape index (κ3) is 6.55. The molecule has 2 radical (unpaired) electrons. The van der Waals surface area contributed by atoms with Gasteiger partial charge in [-0.25, -0.2) is 13.6 Å². The van der Waals surface area contributed by atoms with Gasteiger partial charge in [0.05, 0.1) is 5.56 Å². The number of hydrogen-bond donors (Lipinski definition) is 0. The molecule has 0 atom stereocenters. The molecule has 2 nitrogen and oxygen atoms in total. The summed E-state index contributed by atoms with van der Waals surface area (Å²) in [5.41, 5.74) is 1.58. The van der Waals surface area contributed by atoms with Crippen molar-refractivity contribution in [2.75, 3.05) is 0 Å². The topological polar surface area (TPSA) is 26.3 Å². The second-order valence-corrected chi connectivity index (χ2v) is 6.48. The zero-order chi connectivity index (χ0) is 17.1. The number of ether oxygens (including phenoxy) is 1. The molecule has 1 fully saturated rings. The van der Waals surface area contributed by atoms with Gasteiger partial charge in [0, 0.05) is 82.8 Å². The van der Waals surface area contributed by atoms with E-state index in [1.165, 1.54) is 31.2 Å². The van der Waals surface area contributed by atoms with Crippen LogP contribution in [0, 0.1) is 23.6 Å². The van der Waals surface area contributed by atoms with Crippen molar-refractivity contribution in [3.05, 3.63) is 65.2 Å². The standard InChI is InChI=1S/C20H19F2O2.2Y/c1-13-2-4-14(5-3-13)15-6-8-16(9-7-15)20(23)24-19-11-17(21)10-18(22)12-19;;/h6-9,11-14H,2-5H2,1H3;;/q-1;;. The number of esters is 1. The quantitative estimate of drug-likeness (QED) is 0.322.